The van der Waals surface area contributed by atoms with Crippen molar-refractivity contribution in [2.24, 2.45) is 0 Å². The lowest BCUT2D eigenvalue weighted by Gasteiger charge is -2.39. The Morgan fingerprint density at radius 2 is 1.33 bits per heavy atom. The number of nitrogens with zero attached hydrogens (tertiary/aromatic N) is 2. The third-order valence-electron chi connectivity index (χ3n) is 11.7. The molecule has 1 unspecified atom stereocenters. The average Bonchev–Trinajstić information content (AvgIpc) is 3.77. The molecule has 0 saturated carbocycles. The summed E-state index contributed by atoms with van der Waals surface area (Å²) in [6, 6.07) is 27.4. The first-order valence-electron chi connectivity index (χ1n) is 18.6. The van der Waals surface area contributed by atoms with Crippen LogP contribution in [0.15, 0.2) is 109 Å². The molecule has 4 aliphatic rings. The molecule has 3 nitrogen and oxygen atoms in total. The predicted octanol–water partition coefficient (Wildman–Crippen LogP) is 11.4. The molecule has 49 heavy (non-hydrogen) atoms. The number of benzene rings is 4. The molecule has 0 N–H and O–H groups in total. The zero-order valence-electron chi connectivity index (χ0n) is 29.6. The van der Waals surface area contributed by atoms with Crippen LogP contribution in [0.1, 0.15) is 93.5 Å². The molecule has 2 saturated heterocycles. The van der Waals surface area contributed by atoms with Crippen LogP contribution in [0.2, 0.25) is 0 Å². The number of allylic oxidation sites excluding steroid dienone is 5. The lowest BCUT2D eigenvalue weighted by Crippen LogP contribution is -2.35. The van der Waals surface area contributed by atoms with Gasteiger partial charge in [-0.2, -0.15) is 0 Å². The largest absolute Gasteiger partial charge is 0.472 e. The van der Waals surface area contributed by atoms with E-state index >= 15 is 0 Å². The highest BCUT2D eigenvalue weighted by molar-refractivity contribution is 6.06. The summed E-state index contributed by atoms with van der Waals surface area (Å²) in [7, 11) is 0. The minimum absolute atomic E-state index is 0.197. The van der Waals surface area contributed by atoms with Gasteiger partial charge in [0.25, 0.3) is 0 Å². The molecule has 4 aromatic carbocycles. The minimum atomic E-state index is -0.764. The zero-order chi connectivity index (χ0) is 33.6. The van der Waals surface area contributed by atoms with E-state index < -0.39 is 5.60 Å². The van der Waals surface area contributed by atoms with Crippen molar-refractivity contribution >= 4 is 33.8 Å². The van der Waals surface area contributed by atoms with Crippen molar-refractivity contribution in [3.8, 4) is 5.75 Å². The first kappa shape index (κ1) is 31.7. The number of fused-ring (bicyclic) bond motifs is 6. The highest BCUT2D eigenvalue weighted by Gasteiger charge is 2.44. The molecule has 1 atom stereocenters. The van der Waals surface area contributed by atoms with Crippen LogP contribution < -0.4 is 14.5 Å². The van der Waals surface area contributed by atoms with E-state index in [1.165, 1.54) is 82.1 Å². The lowest BCUT2D eigenvalue weighted by molar-refractivity contribution is 0.163. The summed E-state index contributed by atoms with van der Waals surface area (Å²) in [5.41, 5.74) is 10.7. The molecular weight excluding hydrogens is 597 g/mol. The van der Waals surface area contributed by atoms with E-state index in [2.05, 4.69) is 140 Å². The summed E-state index contributed by atoms with van der Waals surface area (Å²) in [6.07, 6.45) is 19.7. The Kier molecular flexibility index (Phi) is 8.26. The fourth-order valence-corrected chi connectivity index (χ4v) is 9.18. The average molecular weight is 647 g/mol. The third-order valence-corrected chi connectivity index (χ3v) is 11.7. The second kappa shape index (κ2) is 12.8. The highest BCUT2D eigenvalue weighted by atomic mass is 16.5. The van der Waals surface area contributed by atoms with Crippen LogP contribution in [0.5, 0.6) is 5.75 Å². The van der Waals surface area contributed by atoms with E-state index in [0.29, 0.717) is 0 Å². The Balaban J connectivity index is 1.30. The maximum Gasteiger partial charge on any atom is 0.178 e. The molecule has 0 aromatic heterocycles. The van der Waals surface area contributed by atoms with E-state index in [9.17, 15) is 0 Å². The summed E-state index contributed by atoms with van der Waals surface area (Å²) in [6.45, 7) is 15.7. The van der Waals surface area contributed by atoms with Gasteiger partial charge in [0.05, 0.1) is 0 Å². The molecule has 250 valence electrons. The predicted molar refractivity (Wildman–Crippen MR) is 209 cm³/mol. The van der Waals surface area contributed by atoms with Crippen LogP contribution in [-0.4, -0.2) is 26.2 Å². The lowest BCUT2D eigenvalue weighted by atomic mass is 9.76. The number of ether oxygens (including phenoxy) is 1. The quantitative estimate of drug-likeness (QED) is 0.177. The van der Waals surface area contributed by atoms with Gasteiger partial charge in [-0.15, -0.1) is 0 Å². The SMILES string of the molecule is C=CC1=C(CCC=CC)c2c(c3c(c4ccccc24)OC(c2ccc(N4CCCCC4)cc2)(c2ccc(N4CCCC4)cc2)C=C3)C1(C)C. The molecular formula is C46H50N2O. The second-order valence-corrected chi connectivity index (χ2v) is 14.9. The monoisotopic (exact) mass is 646 g/mol. The molecule has 2 fully saturated rings. The van der Waals surface area contributed by atoms with Gasteiger partial charge >= 0.3 is 0 Å². The van der Waals surface area contributed by atoms with Crippen LogP contribution in [0.3, 0.4) is 0 Å². The minimum Gasteiger partial charge on any atom is -0.472 e. The van der Waals surface area contributed by atoms with Gasteiger partial charge < -0.3 is 14.5 Å². The van der Waals surface area contributed by atoms with Crippen molar-refractivity contribution in [3.05, 3.63) is 137 Å². The fraction of sp³-hybridized carbons (Fsp3) is 0.348. The maximum absolute atomic E-state index is 7.61. The Bertz CT molecular complexity index is 1960. The fourth-order valence-electron chi connectivity index (χ4n) is 9.18. The van der Waals surface area contributed by atoms with Crippen LogP contribution in [0, 0.1) is 0 Å². The van der Waals surface area contributed by atoms with Gasteiger partial charge in [-0.25, -0.2) is 0 Å². The molecule has 0 amide bonds. The Hall–Kier alpha value is -4.50. The van der Waals surface area contributed by atoms with E-state index in [1.54, 1.807) is 0 Å². The standard InChI is InChI=1S/C46H50N2O/c1-5-7-9-18-39-41(6-2)45(3,4)43-40-27-28-46(34-21-25-36(26-22-34)48-31-14-15-32-48,49-44(40)38-17-11-10-16-37(38)42(39)43)33-19-23-35(24-20-33)47-29-12-8-13-30-47/h5-7,10-11,16-17,19-28H,2,8-9,12-15,18,29-32H2,1,3-4H3. The van der Waals surface area contributed by atoms with Gasteiger partial charge in [-0.1, -0.05) is 93.3 Å². The molecule has 0 radical (unpaired) electrons. The third kappa shape index (κ3) is 5.25. The Labute approximate surface area is 293 Å². The molecule has 1 aliphatic carbocycles. The molecule has 4 aromatic rings. The van der Waals surface area contributed by atoms with Gasteiger partial charge in [-0.3, -0.25) is 0 Å². The van der Waals surface area contributed by atoms with Gasteiger partial charge in [0.15, 0.2) is 5.60 Å². The van der Waals surface area contributed by atoms with Crippen LogP contribution in [0.25, 0.3) is 22.4 Å². The van der Waals surface area contributed by atoms with Crippen LogP contribution in [0.4, 0.5) is 11.4 Å². The van der Waals surface area contributed by atoms with Gasteiger partial charge in [-0.05, 0) is 110 Å². The van der Waals surface area contributed by atoms with E-state index in [4.69, 9.17) is 4.74 Å². The second-order valence-electron chi connectivity index (χ2n) is 14.9. The van der Waals surface area contributed by atoms with Gasteiger partial charge in [0.1, 0.15) is 5.75 Å². The summed E-state index contributed by atoms with van der Waals surface area (Å²) < 4.78 is 7.61. The number of anilines is 2. The van der Waals surface area contributed by atoms with Crippen LogP contribution in [-0.2, 0) is 11.0 Å². The zero-order valence-corrected chi connectivity index (χ0v) is 29.6. The van der Waals surface area contributed by atoms with Crippen molar-refractivity contribution < 1.29 is 4.74 Å². The first-order valence-corrected chi connectivity index (χ1v) is 18.6. The molecule has 3 aliphatic heterocycles. The number of rotatable bonds is 8. The van der Waals surface area contributed by atoms with E-state index in [1.807, 2.05) is 0 Å². The van der Waals surface area contributed by atoms with Crippen molar-refractivity contribution in [2.75, 3.05) is 36.0 Å². The molecule has 3 heteroatoms. The van der Waals surface area contributed by atoms with Crippen molar-refractivity contribution in [2.45, 2.75) is 76.7 Å². The Morgan fingerprint density at radius 1 is 0.755 bits per heavy atom. The van der Waals surface area contributed by atoms with Gasteiger partial charge in [0, 0.05) is 65.0 Å². The van der Waals surface area contributed by atoms with Crippen molar-refractivity contribution in [3.63, 3.8) is 0 Å². The first-order chi connectivity index (χ1) is 24.0. The van der Waals surface area contributed by atoms with Gasteiger partial charge in [0.2, 0.25) is 0 Å². The Morgan fingerprint density at radius 3 is 1.90 bits per heavy atom. The summed E-state index contributed by atoms with van der Waals surface area (Å²) in [4.78, 5) is 5.04. The smallest absolute Gasteiger partial charge is 0.178 e. The number of piperidine rings is 1. The normalized spacial score (nSPS) is 21.4. The van der Waals surface area contributed by atoms with E-state index in [0.717, 1.165) is 55.9 Å². The topological polar surface area (TPSA) is 15.7 Å². The molecule has 3 heterocycles. The van der Waals surface area contributed by atoms with E-state index in [-0.39, 0.29) is 5.41 Å². The van der Waals surface area contributed by atoms with Crippen molar-refractivity contribution in [1.29, 1.82) is 0 Å². The highest BCUT2D eigenvalue weighted by Crippen LogP contribution is 2.57. The van der Waals surface area contributed by atoms with Crippen molar-refractivity contribution in [1.82, 2.24) is 0 Å². The number of hydrogen-bond donors (Lipinski definition) is 0. The summed E-state index contributed by atoms with van der Waals surface area (Å²) >= 11 is 0. The molecule has 0 spiro atoms. The molecule has 8 rings (SSSR count). The van der Waals surface area contributed by atoms with Crippen LogP contribution >= 0.6 is 0 Å². The summed E-state index contributed by atoms with van der Waals surface area (Å²) in [5, 5.41) is 2.44. The number of hydrogen-bond acceptors (Lipinski definition) is 3. The molecule has 0 bridgehead atoms. The maximum atomic E-state index is 7.61. The summed E-state index contributed by atoms with van der Waals surface area (Å²) in [5.74, 6) is 0.978.